The van der Waals surface area contributed by atoms with E-state index in [9.17, 15) is 4.79 Å². The van der Waals surface area contributed by atoms with Crippen molar-refractivity contribution in [2.45, 2.75) is 44.2 Å². The molecule has 2 aromatic carbocycles. The Morgan fingerprint density at radius 1 is 0.929 bits per heavy atom. The van der Waals surface area contributed by atoms with Crippen LogP contribution in [0.4, 0.5) is 4.79 Å². The van der Waals surface area contributed by atoms with E-state index in [0.717, 1.165) is 38.2 Å². The van der Waals surface area contributed by atoms with E-state index in [1.807, 2.05) is 23.1 Å². The monoisotopic (exact) mass is 377 g/mol. The Labute approximate surface area is 168 Å². The van der Waals surface area contributed by atoms with Crippen LogP contribution in [0.3, 0.4) is 0 Å². The van der Waals surface area contributed by atoms with Crippen LogP contribution in [0.2, 0.25) is 0 Å². The summed E-state index contributed by atoms with van der Waals surface area (Å²) in [5, 5.41) is 3.16. The molecule has 2 aliphatic rings. The lowest BCUT2D eigenvalue weighted by atomic mass is 9.89. The number of hydrogen-bond acceptors (Lipinski definition) is 2. The molecule has 0 bridgehead atoms. The van der Waals surface area contributed by atoms with Gasteiger partial charge in [0.15, 0.2) is 0 Å². The maximum absolute atomic E-state index is 12.7. The highest BCUT2D eigenvalue weighted by Crippen LogP contribution is 2.30. The summed E-state index contributed by atoms with van der Waals surface area (Å²) in [7, 11) is 0. The third-order valence-electron chi connectivity index (χ3n) is 6.41. The molecule has 2 atom stereocenters. The van der Waals surface area contributed by atoms with Crippen molar-refractivity contribution in [1.29, 1.82) is 0 Å². The van der Waals surface area contributed by atoms with Gasteiger partial charge < -0.3 is 10.2 Å². The molecule has 4 heteroatoms. The van der Waals surface area contributed by atoms with Crippen molar-refractivity contribution in [3.05, 3.63) is 71.8 Å². The van der Waals surface area contributed by atoms with Crippen LogP contribution < -0.4 is 5.32 Å². The van der Waals surface area contributed by atoms with Crippen LogP contribution in [-0.4, -0.2) is 48.1 Å². The van der Waals surface area contributed by atoms with Crippen molar-refractivity contribution in [2.24, 2.45) is 0 Å². The van der Waals surface area contributed by atoms with Gasteiger partial charge in [0.1, 0.15) is 0 Å². The molecule has 2 fully saturated rings. The van der Waals surface area contributed by atoms with Gasteiger partial charge in [0.05, 0.1) is 6.04 Å². The minimum Gasteiger partial charge on any atom is -0.331 e. The van der Waals surface area contributed by atoms with Crippen molar-refractivity contribution in [3.63, 3.8) is 0 Å². The summed E-state index contributed by atoms with van der Waals surface area (Å²) in [5.74, 6) is 0.685. The van der Waals surface area contributed by atoms with E-state index in [1.165, 1.54) is 18.4 Å². The normalized spacial score (nSPS) is 22.2. The van der Waals surface area contributed by atoms with Crippen LogP contribution in [0.25, 0.3) is 0 Å². The van der Waals surface area contributed by atoms with Crippen LogP contribution in [-0.2, 0) is 0 Å². The second kappa shape index (κ2) is 8.78. The number of rotatable bonds is 4. The number of urea groups is 1. The fourth-order valence-corrected chi connectivity index (χ4v) is 4.65. The molecular weight excluding hydrogens is 346 g/mol. The molecule has 1 N–H and O–H groups in total. The molecular formula is C24H31N3O. The number of nitrogens with one attached hydrogen (secondary N) is 1. The summed E-state index contributed by atoms with van der Waals surface area (Å²) in [6.07, 6.45) is 3.53. The van der Waals surface area contributed by atoms with Crippen LogP contribution in [0.1, 0.15) is 49.3 Å². The number of benzene rings is 2. The predicted octanol–water partition coefficient (Wildman–Crippen LogP) is 4.41. The Morgan fingerprint density at radius 2 is 1.57 bits per heavy atom. The van der Waals surface area contributed by atoms with Gasteiger partial charge in [-0.15, -0.1) is 0 Å². The molecule has 2 aliphatic heterocycles. The first-order valence-electron chi connectivity index (χ1n) is 10.6. The van der Waals surface area contributed by atoms with E-state index in [2.05, 4.69) is 59.6 Å². The number of carbonyl (C=O) groups is 1. The van der Waals surface area contributed by atoms with Crippen molar-refractivity contribution < 1.29 is 4.79 Å². The molecule has 28 heavy (non-hydrogen) atoms. The van der Waals surface area contributed by atoms with Gasteiger partial charge in [-0.05, 0) is 56.3 Å². The van der Waals surface area contributed by atoms with E-state index in [-0.39, 0.29) is 12.1 Å². The topological polar surface area (TPSA) is 35.6 Å². The van der Waals surface area contributed by atoms with E-state index in [4.69, 9.17) is 0 Å². The van der Waals surface area contributed by atoms with Gasteiger partial charge in [-0.2, -0.15) is 0 Å². The molecule has 0 spiro atoms. The number of likely N-dealkylation sites (tertiary alicyclic amines) is 2. The zero-order valence-corrected chi connectivity index (χ0v) is 16.8. The van der Waals surface area contributed by atoms with Crippen LogP contribution >= 0.6 is 0 Å². The summed E-state index contributed by atoms with van der Waals surface area (Å²) in [6.45, 7) is 6.04. The van der Waals surface area contributed by atoms with Crippen LogP contribution in [0, 0.1) is 0 Å². The molecule has 0 aromatic heterocycles. The molecule has 4 nitrogen and oxygen atoms in total. The molecule has 2 saturated heterocycles. The van der Waals surface area contributed by atoms with Gasteiger partial charge in [-0.25, -0.2) is 4.79 Å². The molecule has 2 aromatic rings. The lowest BCUT2D eigenvalue weighted by molar-refractivity contribution is 0.151. The van der Waals surface area contributed by atoms with Gasteiger partial charge in [-0.3, -0.25) is 4.90 Å². The van der Waals surface area contributed by atoms with E-state index in [0.29, 0.717) is 12.0 Å². The molecule has 0 aliphatic carbocycles. The van der Waals surface area contributed by atoms with Gasteiger partial charge in [-0.1, -0.05) is 60.7 Å². The Bertz CT molecular complexity index is 756. The molecule has 2 heterocycles. The van der Waals surface area contributed by atoms with E-state index in [1.54, 1.807) is 0 Å². The van der Waals surface area contributed by atoms with E-state index >= 15 is 0 Å². The molecule has 0 radical (unpaired) electrons. The van der Waals surface area contributed by atoms with Crippen LogP contribution in [0.5, 0.6) is 0 Å². The summed E-state index contributed by atoms with van der Waals surface area (Å²) in [4.78, 5) is 17.3. The highest BCUT2D eigenvalue weighted by molar-refractivity contribution is 5.75. The molecule has 1 unspecified atom stereocenters. The predicted molar refractivity (Wildman–Crippen MR) is 113 cm³/mol. The third-order valence-corrected chi connectivity index (χ3v) is 6.41. The van der Waals surface area contributed by atoms with Gasteiger partial charge in [0, 0.05) is 19.1 Å². The summed E-state index contributed by atoms with van der Waals surface area (Å²) < 4.78 is 0. The SMILES string of the molecule is C[C@H](NC(=O)N1CCC(N2CCC(c3ccccc3)CC2)C1)c1ccccc1. The van der Waals surface area contributed by atoms with Crippen molar-refractivity contribution in [3.8, 4) is 0 Å². The zero-order valence-electron chi connectivity index (χ0n) is 16.8. The number of piperidine rings is 1. The van der Waals surface area contributed by atoms with Gasteiger partial charge >= 0.3 is 6.03 Å². The second-order valence-electron chi connectivity index (χ2n) is 8.19. The quantitative estimate of drug-likeness (QED) is 0.857. The minimum absolute atomic E-state index is 0.0365. The highest BCUT2D eigenvalue weighted by atomic mass is 16.2. The maximum Gasteiger partial charge on any atom is 0.317 e. The van der Waals surface area contributed by atoms with E-state index < -0.39 is 0 Å². The first-order valence-corrected chi connectivity index (χ1v) is 10.6. The number of nitrogens with zero attached hydrogens (tertiary/aromatic N) is 2. The minimum atomic E-state index is 0.0365. The fourth-order valence-electron chi connectivity index (χ4n) is 4.65. The third kappa shape index (κ3) is 4.39. The number of carbonyl (C=O) groups excluding carboxylic acids is 1. The Hall–Kier alpha value is -2.33. The van der Waals surface area contributed by atoms with Crippen molar-refractivity contribution in [1.82, 2.24) is 15.1 Å². The van der Waals surface area contributed by atoms with Crippen molar-refractivity contribution in [2.75, 3.05) is 26.2 Å². The number of amides is 2. The van der Waals surface area contributed by atoms with Gasteiger partial charge in [0.2, 0.25) is 0 Å². The highest BCUT2D eigenvalue weighted by Gasteiger charge is 2.33. The maximum atomic E-state index is 12.7. The molecule has 2 amide bonds. The van der Waals surface area contributed by atoms with Crippen LogP contribution in [0.15, 0.2) is 60.7 Å². The fraction of sp³-hybridized carbons (Fsp3) is 0.458. The molecule has 148 valence electrons. The lowest BCUT2D eigenvalue weighted by Gasteiger charge is -2.36. The van der Waals surface area contributed by atoms with Gasteiger partial charge in [0.25, 0.3) is 0 Å². The summed E-state index contributed by atoms with van der Waals surface area (Å²) in [6, 6.07) is 21.7. The summed E-state index contributed by atoms with van der Waals surface area (Å²) >= 11 is 0. The first-order chi connectivity index (χ1) is 13.7. The summed E-state index contributed by atoms with van der Waals surface area (Å²) in [5.41, 5.74) is 2.62. The molecule has 4 rings (SSSR count). The number of hydrogen-bond donors (Lipinski definition) is 1. The zero-order chi connectivity index (χ0) is 19.3. The largest absolute Gasteiger partial charge is 0.331 e. The Morgan fingerprint density at radius 3 is 2.25 bits per heavy atom. The standard InChI is InChI=1S/C24H31N3O/c1-19(20-8-4-2-5-9-20)25-24(28)27-17-14-23(18-27)26-15-12-22(13-16-26)21-10-6-3-7-11-21/h2-11,19,22-23H,12-18H2,1H3,(H,25,28)/t19-,23?/m0/s1. The lowest BCUT2D eigenvalue weighted by Crippen LogP contribution is -2.45. The average molecular weight is 378 g/mol. The van der Waals surface area contributed by atoms with Crippen molar-refractivity contribution >= 4 is 6.03 Å². The average Bonchev–Trinajstić information content (AvgIpc) is 3.26. The second-order valence-corrected chi connectivity index (χ2v) is 8.19. The molecule has 0 saturated carbocycles. The first kappa shape index (κ1) is 19.0. The smallest absolute Gasteiger partial charge is 0.317 e. The Balaban J connectivity index is 1.26. The Kier molecular flexibility index (Phi) is 5.96.